The molecule has 2 heterocycles. The van der Waals surface area contributed by atoms with Crippen molar-refractivity contribution in [1.82, 2.24) is 4.90 Å². The Balaban J connectivity index is 1.87. The van der Waals surface area contributed by atoms with Crippen LogP contribution in [0.25, 0.3) is 0 Å². The van der Waals surface area contributed by atoms with Crippen LogP contribution in [0.15, 0.2) is 12.1 Å². The van der Waals surface area contributed by atoms with Gasteiger partial charge in [-0.1, -0.05) is 6.07 Å². The van der Waals surface area contributed by atoms with Gasteiger partial charge >= 0.3 is 0 Å². The minimum Gasteiger partial charge on any atom is -0.493 e. The van der Waals surface area contributed by atoms with Crippen molar-refractivity contribution in [2.24, 2.45) is 0 Å². The van der Waals surface area contributed by atoms with Crippen LogP contribution in [0.3, 0.4) is 0 Å². The zero-order valence-electron chi connectivity index (χ0n) is 13.8. The molecule has 1 saturated carbocycles. The lowest BCUT2D eigenvalue weighted by atomic mass is 9.48. The summed E-state index contributed by atoms with van der Waals surface area (Å²) in [5.41, 5.74) is -0.304. The fourth-order valence-corrected chi connectivity index (χ4v) is 5.73. The Morgan fingerprint density at radius 1 is 1.38 bits per heavy atom. The van der Waals surface area contributed by atoms with Crippen molar-refractivity contribution in [1.29, 1.82) is 0 Å². The Morgan fingerprint density at radius 2 is 2.17 bits per heavy atom. The first kappa shape index (κ1) is 14.7. The molecule has 2 aliphatic heterocycles. The van der Waals surface area contributed by atoms with E-state index < -0.39 is 23.2 Å². The largest absolute Gasteiger partial charge is 0.493 e. The summed E-state index contributed by atoms with van der Waals surface area (Å²) in [6.45, 7) is 0.753. The SMILES string of the molecule is COc1ccc2c3c1O[C@H]1C(=O)CC(O)[C@@]4(O)[C@@H](C2)N(C)CCC314. The third-order valence-electron chi connectivity index (χ3n) is 6.78. The van der Waals surface area contributed by atoms with Crippen LogP contribution in [0.2, 0.25) is 0 Å². The Hall–Kier alpha value is -1.63. The molecule has 128 valence electrons. The van der Waals surface area contributed by atoms with E-state index in [0.29, 0.717) is 24.3 Å². The number of hydrogen-bond donors (Lipinski definition) is 2. The number of ketones is 1. The third kappa shape index (κ3) is 1.31. The molecule has 2 N–H and O–H groups in total. The number of aliphatic hydroxyl groups is 2. The van der Waals surface area contributed by atoms with Crippen LogP contribution in [0, 0.1) is 0 Å². The lowest BCUT2D eigenvalue weighted by molar-refractivity contribution is -0.226. The standard InChI is InChI=1S/C18H21NO5/c1-19-6-5-17-14-9-3-4-11(23-2)15(14)24-16(17)10(20)8-13(21)18(17,22)12(19)7-9/h3-4,12-13,16,21-22H,5-8H2,1-2H3/t12-,13?,16+,17?,18+/m1/s1. The molecule has 2 aliphatic carbocycles. The highest BCUT2D eigenvalue weighted by Gasteiger charge is 2.75. The third-order valence-corrected chi connectivity index (χ3v) is 6.78. The number of methoxy groups -OCH3 is 1. The van der Waals surface area contributed by atoms with E-state index in [0.717, 1.165) is 17.7 Å². The molecule has 2 fully saturated rings. The van der Waals surface area contributed by atoms with Gasteiger partial charge in [0.15, 0.2) is 23.4 Å². The maximum absolute atomic E-state index is 12.7. The van der Waals surface area contributed by atoms with Gasteiger partial charge in [0, 0.05) is 18.0 Å². The fourth-order valence-electron chi connectivity index (χ4n) is 5.73. The molecule has 2 unspecified atom stereocenters. The predicted molar refractivity (Wildman–Crippen MR) is 84.4 cm³/mol. The van der Waals surface area contributed by atoms with E-state index >= 15 is 0 Å². The van der Waals surface area contributed by atoms with Crippen LogP contribution < -0.4 is 9.47 Å². The number of rotatable bonds is 1. The van der Waals surface area contributed by atoms with E-state index in [1.165, 1.54) is 0 Å². The number of Topliss-reactive ketones (excluding diaryl/α,β-unsaturated/α-hetero) is 1. The molecule has 4 aliphatic rings. The molecule has 0 aromatic heterocycles. The van der Waals surface area contributed by atoms with Crippen LogP contribution in [0.5, 0.6) is 11.5 Å². The number of carbonyl (C=O) groups excluding carboxylic acids is 1. The summed E-state index contributed by atoms with van der Waals surface area (Å²) in [6, 6.07) is 3.64. The van der Waals surface area contributed by atoms with Gasteiger partial charge in [0.2, 0.25) is 0 Å². The van der Waals surface area contributed by atoms with Gasteiger partial charge < -0.3 is 24.6 Å². The monoisotopic (exact) mass is 331 g/mol. The molecule has 1 spiro atoms. The van der Waals surface area contributed by atoms with E-state index in [2.05, 4.69) is 4.90 Å². The number of piperidine rings is 1. The van der Waals surface area contributed by atoms with Crippen molar-refractivity contribution in [2.45, 2.75) is 48.5 Å². The Bertz CT molecular complexity index is 764. The molecule has 5 rings (SSSR count). The van der Waals surface area contributed by atoms with Gasteiger partial charge in [0.1, 0.15) is 5.60 Å². The molecule has 1 aromatic rings. The van der Waals surface area contributed by atoms with Gasteiger partial charge in [0.25, 0.3) is 0 Å². The first-order valence-corrected chi connectivity index (χ1v) is 8.45. The molecule has 24 heavy (non-hydrogen) atoms. The lowest BCUT2D eigenvalue weighted by Gasteiger charge is -2.63. The smallest absolute Gasteiger partial charge is 0.177 e. The number of aliphatic hydroxyl groups excluding tert-OH is 1. The number of nitrogens with zero attached hydrogens (tertiary/aromatic N) is 1. The number of carbonyl (C=O) groups is 1. The van der Waals surface area contributed by atoms with Crippen molar-refractivity contribution in [3.8, 4) is 11.5 Å². The molecule has 0 radical (unpaired) electrons. The molecule has 0 amide bonds. The Labute approximate surface area is 140 Å². The average molecular weight is 331 g/mol. The van der Waals surface area contributed by atoms with E-state index in [1.54, 1.807) is 7.11 Å². The number of ether oxygens (including phenoxy) is 2. The Kier molecular flexibility index (Phi) is 2.64. The van der Waals surface area contributed by atoms with Crippen molar-refractivity contribution >= 4 is 5.78 Å². The second kappa shape index (κ2) is 4.31. The number of hydrogen-bond acceptors (Lipinski definition) is 6. The maximum Gasteiger partial charge on any atom is 0.177 e. The first-order chi connectivity index (χ1) is 11.4. The zero-order chi connectivity index (χ0) is 16.9. The second-order valence-electron chi connectivity index (χ2n) is 7.56. The molecule has 2 bridgehead atoms. The van der Waals surface area contributed by atoms with Gasteiger partial charge in [-0.2, -0.15) is 0 Å². The van der Waals surface area contributed by atoms with Gasteiger partial charge in [-0.3, -0.25) is 4.79 Å². The Morgan fingerprint density at radius 3 is 2.92 bits per heavy atom. The number of likely N-dealkylation sites (N-methyl/N-ethyl adjacent to an activating group) is 1. The fraction of sp³-hybridized carbons (Fsp3) is 0.611. The van der Waals surface area contributed by atoms with E-state index in [1.807, 2.05) is 19.2 Å². The second-order valence-corrected chi connectivity index (χ2v) is 7.56. The zero-order valence-corrected chi connectivity index (χ0v) is 13.8. The summed E-state index contributed by atoms with van der Waals surface area (Å²) in [4.78, 5) is 14.8. The van der Waals surface area contributed by atoms with E-state index in [9.17, 15) is 15.0 Å². The van der Waals surface area contributed by atoms with Crippen molar-refractivity contribution in [3.63, 3.8) is 0 Å². The van der Waals surface area contributed by atoms with Crippen LogP contribution >= 0.6 is 0 Å². The highest BCUT2D eigenvalue weighted by Crippen LogP contribution is 2.64. The first-order valence-electron chi connectivity index (χ1n) is 8.45. The molecular weight excluding hydrogens is 310 g/mol. The van der Waals surface area contributed by atoms with Crippen LogP contribution in [0.1, 0.15) is 24.0 Å². The van der Waals surface area contributed by atoms with Crippen LogP contribution in [-0.4, -0.2) is 65.4 Å². The molecule has 6 heteroatoms. The molecule has 1 aromatic carbocycles. The van der Waals surface area contributed by atoms with Gasteiger partial charge in [-0.25, -0.2) is 0 Å². The minimum absolute atomic E-state index is 0.0705. The number of benzene rings is 1. The summed E-state index contributed by atoms with van der Waals surface area (Å²) < 4.78 is 11.5. The van der Waals surface area contributed by atoms with Crippen molar-refractivity contribution in [2.75, 3.05) is 20.7 Å². The number of likely N-dealkylation sites (tertiary alicyclic amines) is 1. The molecular formula is C18H21NO5. The highest BCUT2D eigenvalue weighted by atomic mass is 16.5. The molecule has 5 atom stereocenters. The lowest BCUT2D eigenvalue weighted by Crippen LogP contribution is -2.80. The quantitative estimate of drug-likeness (QED) is 0.755. The molecule has 6 nitrogen and oxygen atoms in total. The normalized spacial score (nSPS) is 42.5. The summed E-state index contributed by atoms with van der Waals surface area (Å²) in [7, 11) is 3.54. The summed E-state index contributed by atoms with van der Waals surface area (Å²) >= 11 is 0. The van der Waals surface area contributed by atoms with Gasteiger partial charge in [0.05, 0.1) is 18.6 Å². The highest BCUT2D eigenvalue weighted by molar-refractivity contribution is 5.90. The predicted octanol–water partition coefficient (Wildman–Crippen LogP) is 0.0190. The van der Waals surface area contributed by atoms with Crippen LogP contribution in [-0.2, 0) is 16.6 Å². The maximum atomic E-state index is 12.7. The average Bonchev–Trinajstić information content (AvgIpc) is 2.91. The molecule has 1 saturated heterocycles. The van der Waals surface area contributed by atoms with Crippen molar-refractivity contribution < 1.29 is 24.5 Å². The van der Waals surface area contributed by atoms with E-state index in [-0.39, 0.29) is 18.2 Å². The summed E-state index contributed by atoms with van der Waals surface area (Å²) in [5, 5.41) is 22.5. The van der Waals surface area contributed by atoms with Gasteiger partial charge in [-0.05, 0) is 38.1 Å². The minimum atomic E-state index is -1.39. The summed E-state index contributed by atoms with van der Waals surface area (Å²) in [6.07, 6.45) is -0.686. The summed E-state index contributed by atoms with van der Waals surface area (Å²) in [5.74, 6) is 1.02. The topological polar surface area (TPSA) is 79.2 Å². The van der Waals surface area contributed by atoms with E-state index in [4.69, 9.17) is 9.47 Å². The van der Waals surface area contributed by atoms with Crippen LogP contribution in [0.4, 0.5) is 0 Å². The van der Waals surface area contributed by atoms with Gasteiger partial charge in [-0.15, -0.1) is 0 Å². The van der Waals surface area contributed by atoms with Crippen molar-refractivity contribution in [3.05, 3.63) is 23.3 Å².